The number of nitrogens with one attached hydrogen (secondary N) is 2. The number of hydrogen-bond acceptors (Lipinski definition) is 2. The summed E-state index contributed by atoms with van der Waals surface area (Å²) in [5.74, 6) is 0.548. The van der Waals surface area contributed by atoms with Gasteiger partial charge in [-0.05, 0) is 43.9 Å². The van der Waals surface area contributed by atoms with Crippen molar-refractivity contribution in [3.63, 3.8) is 0 Å². The molecule has 1 aromatic rings. The van der Waals surface area contributed by atoms with E-state index in [9.17, 15) is 4.39 Å². The zero-order valence-corrected chi connectivity index (χ0v) is 13.0. The number of halogens is 1. The molecule has 1 rings (SSSR count). The van der Waals surface area contributed by atoms with Crippen LogP contribution in [0, 0.1) is 5.82 Å². The number of ether oxygens (including phenoxy) is 1. The van der Waals surface area contributed by atoms with Gasteiger partial charge in [-0.3, -0.25) is 0 Å². The van der Waals surface area contributed by atoms with E-state index in [4.69, 9.17) is 4.74 Å². The van der Waals surface area contributed by atoms with Gasteiger partial charge in [-0.25, -0.2) is 9.38 Å². The summed E-state index contributed by atoms with van der Waals surface area (Å²) in [5, 5.41) is 6.48. The molecule has 0 aliphatic rings. The first kappa shape index (κ1) is 17.4. The molecule has 0 radical (unpaired) electrons. The lowest BCUT2D eigenvalue weighted by Crippen LogP contribution is -2.37. The first-order valence-electron chi connectivity index (χ1n) is 7.51. The highest BCUT2D eigenvalue weighted by atomic mass is 19.1. The zero-order valence-electron chi connectivity index (χ0n) is 13.0. The Bertz CT molecular complexity index is 424. The van der Waals surface area contributed by atoms with Crippen molar-refractivity contribution < 1.29 is 9.13 Å². The van der Waals surface area contributed by atoms with Crippen LogP contribution >= 0.6 is 0 Å². The fraction of sp³-hybridized carbons (Fsp3) is 0.562. The van der Waals surface area contributed by atoms with E-state index in [2.05, 4.69) is 15.6 Å². The van der Waals surface area contributed by atoms with Gasteiger partial charge >= 0.3 is 0 Å². The van der Waals surface area contributed by atoms with Crippen LogP contribution in [0.15, 0.2) is 29.3 Å². The van der Waals surface area contributed by atoms with Crippen LogP contribution < -0.4 is 10.6 Å². The normalized spacial score (nSPS) is 11.5. The van der Waals surface area contributed by atoms with Crippen LogP contribution in [-0.4, -0.2) is 32.8 Å². The quantitative estimate of drug-likeness (QED) is 0.418. The number of guanidine groups is 1. The van der Waals surface area contributed by atoms with Crippen molar-refractivity contribution in [1.82, 2.24) is 10.6 Å². The molecule has 0 fully saturated rings. The molecule has 0 saturated carbocycles. The second-order valence-electron chi connectivity index (χ2n) is 4.81. The zero-order chi connectivity index (χ0) is 15.3. The number of benzene rings is 1. The van der Waals surface area contributed by atoms with Crippen LogP contribution in [0.5, 0.6) is 0 Å². The summed E-state index contributed by atoms with van der Waals surface area (Å²) in [6.45, 7) is 4.99. The molecule has 0 amide bonds. The minimum absolute atomic E-state index is 0.223. The van der Waals surface area contributed by atoms with Crippen molar-refractivity contribution in [3.05, 3.63) is 35.6 Å². The molecule has 2 N–H and O–H groups in total. The molecule has 0 saturated heterocycles. The largest absolute Gasteiger partial charge is 0.385 e. The number of aliphatic imine (C=N–C) groups is 1. The van der Waals surface area contributed by atoms with E-state index in [0.29, 0.717) is 6.54 Å². The van der Waals surface area contributed by atoms with E-state index < -0.39 is 0 Å². The minimum atomic E-state index is -0.223. The average molecular weight is 295 g/mol. The molecule has 0 spiro atoms. The number of hydrogen-bond donors (Lipinski definition) is 2. The van der Waals surface area contributed by atoms with E-state index in [1.807, 2.05) is 13.0 Å². The smallest absolute Gasteiger partial charge is 0.191 e. The maximum absolute atomic E-state index is 13.1. The highest BCUT2D eigenvalue weighted by Gasteiger charge is 1.98. The first-order chi connectivity index (χ1) is 10.3. The van der Waals surface area contributed by atoms with Gasteiger partial charge in [-0.15, -0.1) is 0 Å². The topological polar surface area (TPSA) is 45.7 Å². The number of unbranched alkanes of at least 4 members (excludes halogenated alkanes) is 2. The summed E-state index contributed by atoms with van der Waals surface area (Å²) in [6, 6.07) is 6.53. The van der Waals surface area contributed by atoms with Crippen LogP contribution in [0.1, 0.15) is 31.7 Å². The van der Waals surface area contributed by atoms with Crippen molar-refractivity contribution >= 4 is 5.96 Å². The van der Waals surface area contributed by atoms with Crippen LogP contribution in [0.3, 0.4) is 0 Å². The standard InChI is InChI=1S/C16H26FN3O/c1-3-18-16(19-10-5-4-6-11-21-2)20-13-14-8-7-9-15(17)12-14/h7-9,12H,3-6,10-11,13H2,1-2H3,(H2,18,19,20). The van der Waals surface area contributed by atoms with Gasteiger partial charge in [0.15, 0.2) is 5.96 Å². The van der Waals surface area contributed by atoms with Gasteiger partial charge in [0.1, 0.15) is 5.82 Å². The van der Waals surface area contributed by atoms with Crippen molar-refractivity contribution in [2.75, 3.05) is 26.8 Å². The number of nitrogens with zero attached hydrogens (tertiary/aromatic N) is 1. The third kappa shape index (κ3) is 8.30. The monoisotopic (exact) mass is 295 g/mol. The SMILES string of the molecule is CCNC(=NCc1cccc(F)c1)NCCCCCOC. The van der Waals surface area contributed by atoms with Crippen molar-refractivity contribution in [3.8, 4) is 0 Å². The second-order valence-corrected chi connectivity index (χ2v) is 4.81. The van der Waals surface area contributed by atoms with Crippen LogP contribution in [0.4, 0.5) is 4.39 Å². The molecule has 0 aromatic heterocycles. The second kappa shape index (κ2) is 11.1. The van der Waals surface area contributed by atoms with Gasteiger partial charge in [0.05, 0.1) is 6.54 Å². The molecule has 0 aliphatic carbocycles. The van der Waals surface area contributed by atoms with E-state index in [1.165, 1.54) is 12.1 Å². The van der Waals surface area contributed by atoms with E-state index in [1.54, 1.807) is 13.2 Å². The summed E-state index contributed by atoms with van der Waals surface area (Å²) in [4.78, 5) is 4.46. The molecular weight excluding hydrogens is 269 g/mol. The fourth-order valence-corrected chi connectivity index (χ4v) is 1.90. The lowest BCUT2D eigenvalue weighted by molar-refractivity contribution is 0.192. The predicted octanol–water partition coefficient (Wildman–Crippen LogP) is 2.70. The Morgan fingerprint density at radius 2 is 2.10 bits per heavy atom. The number of methoxy groups -OCH3 is 1. The molecule has 118 valence electrons. The minimum Gasteiger partial charge on any atom is -0.385 e. The van der Waals surface area contributed by atoms with Crippen LogP contribution in [0.2, 0.25) is 0 Å². The van der Waals surface area contributed by atoms with Crippen LogP contribution in [0.25, 0.3) is 0 Å². The summed E-state index contributed by atoms with van der Waals surface area (Å²) in [6.07, 6.45) is 3.28. The summed E-state index contributed by atoms with van der Waals surface area (Å²) in [7, 11) is 1.72. The van der Waals surface area contributed by atoms with Gasteiger partial charge in [0.25, 0.3) is 0 Å². The van der Waals surface area contributed by atoms with Gasteiger partial charge in [0, 0.05) is 26.8 Å². The Balaban J connectivity index is 2.35. The lowest BCUT2D eigenvalue weighted by atomic mass is 10.2. The third-order valence-corrected chi connectivity index (χ3v) is 2.97. The molecule has 4 nitrogen and oxygen atoms in total. The average Bonchev–Trinajstić information content (AvgIpc) is 2.48. The van der Waals surface area contributed by atoms with E-state index >= 15 is 0 Å². The molecule has 0 atom stereocenters. The Labute approximate surface area is 126 Å². The highest BCUT2D eigenvalue weighted by Crippen LogP contribution is 2.04. The molecule has 0 aliphatic heterocycles. The van der Waals surface area contributed by atoms with Gasteiger partial charge in [0.2, 0.25) is 0 Å². The lowest BCUT2D eigenvalue weighted by Gasteiger charge is -2.11. The molecule has 0 bridgehead atoms. The molecular formula is C16H26FN3O. The molecule has 0 unspecified atom stereocenters. The molecule has 1 aromatic carbocycles. The Kier molecular flexibility index (Phi) is 9.20. The Morgan fingerprint density at radius 3 is 2.81 bits per heavy atom. The van der Waals surface area contributed by atoms with Crippen molar-refractivity contribution in [2.45, 2.75) is 32.7 Å². The van der Waals surface area contributed by atoms with E-state index in [-0.39, 0.29) is 5.82 Å². The highest BCUT2D eigenvalue weighted by molar-refractivity contribution is 5.79. The van der Waals surface area contributed by atoms with Gasteiger partial charge in [-0.2, -0.15) is 0 Å². The van der Waals surface area contributed by atoms with E-state index in [0.717, 1.165) is 50.5 Å². The van der Waals surface area contributed by atoms with Gasteiger partial charge in [-0.1, -0.05) is 12.1 Å². The first-order valence-corrected chi connectivity index (χ1v) is 7.51. The van der Waals surface area contributed by atoms with Crippen molar-refractivity contribution in [2.24, 2.45) is 4.99 Å². The third-order valence-electron chi connectivity index (χ3n) is 2.97. The molecule has 5 heteroatoms. The summed E-state index contributed by atoms with van der Waals surface area (Å²) >= 11 is 0. The maximum Gasteiger partial charge on any atom is 0.191 e. The predicted molar refractivity (Wildman–Crippen MR) is 84.9 cm³/mol. The van der Waals surface area contributed by atoms with Crippen molar-refractivity contribution in [1.29, 1.82) is 0 Å². The summed E-state index contributed by atoms with van der Waals surface area (Å²) in [5.41, 5.74) is 0.868. The fourth-order valence-electron chi connectivity index (χ4n) is 1.90. The Morgan fingerprint density at radius 1 is 1.24 bits per heavy atom. The van der Waals surface area contributed by atoms with Gasteiger partial charge < -0.3 is 15.4 Å². The summed E-state index contributed by atoms with van der Waals surface area (Å²) < 4.78 is 18.1. The van der Waals surface area contributed by atoms with Crippen LogP contribution in [-0.2, 0) is 11.3 Å². The Hall–Kier alpha value is -1.62. The molecule has 0 heterocycles. The number of rotatable bonds is 9. The molecule has 21 heavy (non-hydrogen) atoms. The maximum atomic E-state index is 13.1.